The largest absolute Gasteiger partial charge is 0.383 e. The van der Waals surface area contributed by atoms with E-state index in [0.717, 1.165) is 5.56 Å². The van der Waals surface area contributed by atoms with Crippen LogP contribution in [0.2, 0.25) is 5.02 Å². The predicted octanol–water partition coefficient (Wildman–Crippen LogP) is 4.76. The van der Waals surface area contributed by atoms with E-state index < -0.39 is 9.84 Å². The number of amides is 1. The van der Waals surface area contributed by atoms with Crippen LogP contribution in [-0.2, 0) is 33.4 Å². The number of halogens is 1. The Hall–Kier alpha value is -2.68. The molecule has 7 nitrogen and oxygen atoms in total. The van der Waals surface area contributed by atoms with Crippen molar-refractivity contribution in [3.63, 3.8) is 0 Å². The molecule has 0 aliphatic heterocycles. The van der Waals surface area contributed by atoms with Gasteiger partial charge in [0.15, 0.2) is 0 Å². The van der Waals surface area contributed by atoms with Crippen molar-refractivity contribution in [2.24, 2.45) is 5.92 Å². The van der Waals surface area contributed by atoms with Crippen molar-refractivity contribution in [2.45, 2.75) is 44.8 Å². The lowest BCUT2D eigenvalue weighted by Crippen LogP contribution is -2.34. The molecule has 3 rings (SSSR count). The number of imidazole rings is 1. The molecule has 1 amide bonds. The molecular weight excluding hydrogens is 486 g/mol. The third kappa shape index (κ3) is 7.16. The maximum Gasteiger partial charge on any atom is 0.254 e. The summed E-state index contributed by atoms with van der Waals surface area (Å²) in [6, 6.07) is 14.2. The van der Waals surface area contributed by atoms with Crippen molar-refractivity contribution < 1.29 is 17.9 Å². The summed E-state index contributed by atoms with van der Waals surface area (Å²) >= 11 is 6.09. The Bertz CT molecular complexity index is 1270. The van der Waals surface area contributed by atoms with Crippen molar-refractivity contribution in [1.82, 2.24) is 14.5 Å². The molecule has 0 fully saturated rings. The summed E-state index contributed by atoms with van der Waals surface area (Å²) in [5.41, 5.74) is 2.81. The second-order valence-corrected chi connectivity index (χ2v) is 11.3. The third-order valence-electron chi connectivity index (χ3n) is 5.44. The van der Waals surface area contributed by atoms with Gasteiger partial charge in [0.05, 0.1) is 30.8 Å². The van der Waals surface area contributed by atoms with Gasteiger partial charge >= 0.3 is 0 Å². The molecule has 0 spiro atoms. The van der Waals surface area contributed by atoms with Crippen molar-refractivity contribution in [1.29, 1.82) is 0 Å². The molecule has 0 atom stereocenters. The van der Waals surface area contributed by atoms with E-state index in [-0.39, 0.29) is 29.3 Å². The normalized spacial score (nSPS) is 11.7. The SMILES string of the molecule is COCCN(Cc1cnc(S(=O)(=O)Cc2cccc(C)c2)n1CC(C)C)C(=O)c1cccc(Cl)c1. The van der Waals surface area contributed by atoms with Gasteiger partial charge in [-0.2, -0.15) is 0 Å². The van der Waals surface area contributed by atoms with Crippen molar-refractivity contribution >= 4 is 27.3 Å². The molecule has 188 valence electrons. The van der Waals surface area contributed by atoms with Crippen LogP contribution in [0.5, 0.6) is 0 Å². The van der Waals surface area contributed by atoms with Gasteiger partial charge in [-0.1, -0.05) is 61.3 Å². The number of sulfone groups is 1. The molecular formula is C26H32ClN3O4S. The number of methoxy groups -OCH3 is 1. The van der Waals surface area contributed by atoms with Gasteiger partial charge in [-0.25, -0.2) is 13.4 Å². The first-order valence-electron chi connectivity index (χ1n) is 11.5. The number of hydrogen-bond donors (Lipinski definition) is 0. The first kappa shape index (κ1) is 26.9. The average molecular weight is 518 g/mol. The highest BCUT2D eigenvalue weighted by atomic mass is 35.5. The number of hydrogen-bond acceptors (Lipinski definition) is 5. The second-order valence-electron chi connectivity index (χ2n) is 9.01. The number of carbonyl (C=O) groups is 1. The highest BCUT2D eigenvalue weighted by Gasteiger charge is 2.26. The highest BCUT2D eigenvalue weighted by Crippen LogP contribution is 2.22. The standard InChI is InChI=1S/C26H32ClN3O4S/c1-19(2)16-30-24(15-28-26(30)35(32,33)18-21-8-5-7-20(3)13-21)17-29(11-12-34-4)25(31)22-9-6-10-23(27)14-22/h5-10,13-15,19H,11-12,16-18H2,1-4H3. The van der Waals surface area contributed by atoms with Crippen molar-refractivity contribution in [3.8, 4) is 0 Å². The fourth-order valence-electron chi connectivity index (χ4n) is 3.87. The van der Waals surface area contributed by atoms with E-state index in [1.54, 1.807) is 53.1 Å². The summed E-state index contributed by atoms with van der Waals surface area (Å²) in [6.45, 7) is 7.28. The number of carbonyl (C=O) groups excluding carboxylic acids is 1. The lowest BCUT2D eigenvalue weighted by Gasteiger charge is -2.24. The number of aryl methyl sites for hydroxylation is 1. The highest BCUT2D eigenvalue weighted by molar-refractivity contribution is 7.90. The van der Waals surface area contributed by atoms with Crippen LogP contribution in [0.1, 0.15) is 41.0 Å². The first-order chi connectivity index (χ1) is 16.6. The summed E-state index contributed by atoms with van der Waals surface area (Å²) in [4.78, 5) is 19.2. The van der Waals surface area contributed by atoms with Crippen LogP contribution in [0.15, 0.2) is 59.9 Å². The minimum atomic E-state index is -3.71. The molecule has 0 unspecified atom stereocenters. The lowest BCUT2D eigenvalue weighted by atomic mass is 10.2. The number of ether oxygens (including phenoxy) is 1. The molecule has 0 saturated heterocycles. The van der Waals surface area contributed by atoms with Crippen LogP contribution in [0.4, 0.5) is 0 Å². The monoisotopic (exact) mass is 517 g/mol. The molecule has 0 saturated carbocycles. The van der Waals surface area contributed by atoms with Crippen molar-refractivity contribution in [2.75, 3.05) is 20.3 Å². The van der Waals surface area contributed by atoms with E-state index in [1.165, 1.54) is 0 Å². The van der Waals surface area contributed by atoms with Crippen molar-refractivity contribution in [3.05, 3.63) is 82.1 Å². The summed E-state index contributed by atoms with van der Waals surface area (Å²) < 4.78 is 33.7. The van der Waals surface area contributed by atoms with Gasteiger partial charge in [0, 0.05) is 30.8 Å². The zero-order valence-electron chi connectivity index (χ0n) is 20.6. The van der Waals surface area contributed by atoms with Gasteiger partial charge in [0.1, 0.15) is 0 Å². The molecule has 1 heterocycles. The minimum absolute atomic E-state index is 0.0182. The Morgan fingerprint density at radius 1 is 1.17 bits per heavy atom. The minimum Gasteiger partial charge on any atom is -0.383 e. The van der Waals surface area contributed by atoms with E-state index in [1.807, 2.05) is 39.0 Å². The molecule has 0 N–H and O–H groups in total. The number of nitrogens with zero attached hydrogens (tertiary/aromatic N) is 3. The lowest BCUT2D eigenvalue weighted by molar-refractivity contribution is 0.0675. The third-order valence-corrected chi connectivity index (χ3v) is 7.27. The zero-order chi connectivity index (χ0) is 25.6. The van der Waals surface area contributed by atoms with E-state index in [9.17, 15) is 13.2 Å². The van der Waals surface area contributed by atoms with E-state index >= 15 is 0 Å². The molecule has 2 aromatic carbocycles. The number of aromatic nitrogens is 2. The fourth-order valence-corrected chi connectivity index (χ4v) is 5.54. The van der Waals surface area contributed by atoms with Crippen LogP contribution in [-0.4, -0.2) is 49.0 Å². The summed E-state index contributed by atoms with van der Waals surface area (Å²) in [7, 11) is -2.14. The van der Waals surface area contributed by atoms with Gasteiger partial charge in [-0.15, -0.1) is 0 Å². The Balaban J connectivity index is 1.96. The van der Waals surface area contributed by atoms with Crippen LogP contribution in [0.25, 0.3) is 0 Å². The van der Waals surface area contributed by atoms with Crippen LogP contribution >= 0.6 is 11.6 Å². The van der Waals surface area contributed by atoms with Gasteiger partial charge in [0.25, 0.3) is 5.91 Å². The number of benzene rings is 2. The zero-order valence-corrected chi connectivity index (χ0v) is 22.1. The van der Waals surface area contributed by atoms with Crippen LogP contribution in [0, 0.1) is 12.8 Å². The molecule has 35 heavy (non-hydrogen) atoms. The predicted molar refractivity (Wildman–Crippen MR) is 137 cm³/mol. The Morgan fingerprint density at radius 2 is 1.91 bits per heavy atom. The summed E-state index contributed by atoms with van der Waals surface area (Å²) in [5.74, 6) is -0.184. The van der Waals surface area contributed by atoms with E-state index in [0.29, 0.717) is 41.5 Å². The Kier molecular flexibility index (Phi) is 9.10. The first-order valence-corrected chi connectivity index (χ1v) is 13.5. The summed E-state index contributed by atoms with van der Waals surface area (Å²) in [6.07, 6.45) is 1.55. The maximum absolute atomic E-state index is 13.4. The molecule has 3 aromatic rings. The smallest absolute Gasteiger partial charge is 0.254 e. The second kappa shape index (κ2) is 11.8. The van der Waals surface area contributed by atoms with Gasteiger partial charge in [-0.3, -0.25) is 4.79 Å². The van der Waals surface area contributed by atoms with Gasteiger partial charge < -0.3 is 14.2 Å². The molecule has 0 radical (unpaired) electrons. The van der Waals surface area contributed by atoms with Gasteiger partial charge in [0.2, 0.25) is 15.0 Å². The Morgan fingerprint density at radius 3 is 2.57 bits per heavy atom. The topological polar surface area (TPSA) is 81.5 Å². The van der Waals surface area contributed by atoms with Crippen LogP contribution in [0.3, 0.4) is 0 Å². The molecule has 0 aliphatic rings. The molecule has 0 aliphatic carbocycles. The van der Waals surface area contributed by atoms with E-state index in [2.05, 4.69) is 4.98 Å². The summed E-state index contributed by atoms with van der Waals surface area (Å²) in [5, 5.41) is 0.488. The Labute approximate surface area is 212 Å². The fraction of sp³-hybridized carbons (Fsp3) is 0.385. The van der Waals surface area contributed by atoms with E-state index in [4.69, 9.17) is 16.3 Å². The average Bonchev–Trinajstić information content (AvgIpc) is 3.18. The quantitative estimate of drug-likeness (QED) is 0.366. The molecule has 1 aromatic heterocycles. The van der Waals surface area contributed by atoms with Gasteiger partial charge in [-0.05, 0) is 36.6 Å². The maximum atomic E-state index is 13.4. The van der Waals surface area contributed by atoms with Crippen LogP contribution < -0.4 is 0 Å². The number of rotatable bonds is 11. The molecule has 0 bridgehead atoms. The molecule has 9 heteroatoms.